The van der Waals surface area contributed by atoms with Crippen LogP contribution in [0.2, 0.25) is 0 Å². The van der Waals surface area contributed by atoms with E-state index in [1.165, 1.54) is 33.5 Å². The number of amides is 1. The molecule has 1 fully saturated rings. The molecule has 1 aliphatic heterocycles. The number of likely N-dealkylation sites (tertiary alicyclic amines) is 1. The minimum atomic E-state index is -0.551. The second-order valence-corrected chi connectivity index (χ2v) is 8.14. The molecule has 2 aromatic carbocycles. The Bertz CT molecular complexity index is 1110. The van der Waals surface area contributed by atoms with Crippen LogP contribution in [0.4, 0.5) is 28.1 Å². The van der Waals surface area contributed by atoms with E-state index in [0.717, 1.165) is 30.1 Å². The van der Waals surface area contributed by atoms with Gasteiger partial charge in [0.1, 0.15) is 23.9 Å². The van der Waals surface area contributed by atoms with Gasteiger partial charge >= 0.3 is 6.03 Å². The van der Waals surface area contributed by atoms with Crippen molar-refractivity contribution in [3.05, 3.63) is 42.5 Å². The highest BCUT2D eigenvalue weighted by atomic mass is 16.5. The number of hydrogen-bond acceptors (Lipinski definition) is 9. The first-order valence-corrected chi connectivity index (χ1v) is 11.5. The summed E-state index contributed by atoms with van der Waals surface area (Å²) in [6, 6.07) is 11.9. The van der Waals surface area contributed by atoms with Gasteiger partial charge in [-0.3, -0.25) is 4.90 Å². The fourth-order valence-electron chi connectivity index (χ4n) is 3.85. The molecule has 1 saturated heterocycles. The first-order valence-electron chi connectivity index (χ1n) is 11.5. The fourth-order valence-corrected chi connectivity index (χ4v) is 3.85. The molecule has 0 saturated carbocycles. The van der Waals surface area contributed by atoms with Crippen molar-refractivity contribution in [1.82, 2.24) is 19.7 Å². The quantitative estimate of drug-likeness (QED) is 0.420. The predicted molar refractivity (Wildman–Crippen MR) is 134 cm³/mol. The topological polar surface area (TPSA) is 129 Å². The monoisotopic (exact) mass is 481 g/mol. The Kier molecular flexibility index (Phi) is 7.88. The Balaban J connectivity index is 1.37. The van der Waals surface area contributed by atoms with E-state index in [4.69, 9.17) is 19.9 Å². The van der Waals surface area contributed by atoms with Gasteiger partial charge in [-0.25, -0.2) is 4.79 Å². The van der Waals surface area contributed by atoms with E-state index in [2.05, 4.69) is 25.6 Å². The largest absolute Gasteiger partial charge is 0.497 e. The maximum Gasteiger partial charge on any atom is 0.349 e. The highest BCUT2D eigenvalue weighted by molar-refractivity contribution is 5.93. The SMILES string of the molecule is COc1cc(NC(=O)n2nc(N)nc2Nc2ccc(OCCN3CCCCC3)cc2)cc(OC)c1. The van der Waals surface area contributed by atoms with Crippen molar-refractivity contribution in [3.8, 4) is 17.2 Å². The number of anilines is 4. The zero-order chi connectivity index (χ0) is 24.6. The molecule has 3 aromatic rings. The van der Waals surface area contributed by atoms with Crippen molar-refractivity contribution in [2.45, 2.75) is 19.3 Å². The summed E-state index contributed by atoms with van der Waals surface area (Å²) >= 11 is 0. The lowest BCUT2D eigenvalue weighted by molar-refractivity contribution is 0.183. The normalized spacial score (nSPS) is 13.8. The summed E-state index contributed by atoms with van der Waals surface area (Å²) in [7, 11) is 3.07. The third-order valence-electron chi connectivity index (χ3n) is 5.65. The molecule has 35 heavy (non-hydrogen) atoms. The lowest BCUT2D eigenvalue weighted by Crippen LogP contribution is -2.33. The molecule has 0 bridgehead atoms. The third kappa shape index (κ3) is 6.54. The molecule has 1 amide bonds. The Morgan fingerprint density at radius 2 is 1.66 bits per heavy atom. The second kappa shape index (κ2) is 11.4. The maximum absolute atomic E-state index is 12.9. The van der Waals surface area contributed by atoms with Gasteiger partial charge in [-0.2, -0.15) is 4.98 Å². The number of methoxy groups -OCH3 is 2. The van der Waals surface area contributed by atoms with Gasteiger partial charge in [0.25, 0.3) is 0 Å². The number of piperidine rings is 1. The molecule has 1 aromatic heterocycles. The zero-order valence-electron chi connectivity index (χ0n) is 20.0. The smallest absolute Gasteiger partial charge is 0.349 e. The Morgan fingerprint density at radius 3 is 2.31 bits per heavy atom. The molecule has 0 radical (unpaired) electrons. The van der Waals surface area contributed by atoms with Crippen LogP contribution in [-0.2, 0) is 0 Å². The number of nitrogen functional groups attached to an aromatic ring is 1. The van der Waals surface area contributed by atoms with Crippen molar-refractivity contribution in [2.24, 2.45) is 0 Å². The summed E-state index contributed by atoms with van der Waals surface area (Å²) in [5.41, 5.74) is 6.95. The Labute approximate surface area is 204 Å². The average molecular weight is 482 g/mol. The van der Waals surface area contributed by atoms with Gasteiger partial charge in [0.2, 0.25) is 11.9 Å². The molecule has 11 nitrogen and oxygen atoms in total. The number of carbonyl (C=O) groups is 1. The summed E-state index contributed by atoms with van der Waals surface area (Å²) in [6.07, 6.45) is 3.85. The van der Waals surface area contributed by atoms with Crippen LogP contribution in [0, 0.1) is 0 Å². The van der Waals surface area contributed by atoms with E-state index in [1.54, 1.807) is 18.2 Å². The van der Waals surface area contributed by atoms with E-state index >= 15 is 0 Å². The minimum Gasteiger partial charge on any atom is -0.497 e. The van der Waals surface area contributed by atoms with Gasteiger partial charge in [-0.1, -0.05) is 6.42 Å². The molecular weight excluding hydrogens is 450 g/mol. The molecular formula is C24H31N7O4. The highest BCUT2D eigenvalue weighted by Crippen LogP contribution is 2.26. The lowest BCUT2D eigenvalue weighted by atomic mass is 10.1. The van der Waals surface area contributed by atoms with Gasteiger partial charge in [0.15, 0.2) is 0 Å². The van der Waals surface area contributed by atoms with Gasteiger partial charge in [0, 0.05) is 36.1 Å². The van der Waals surface area contributed by atoms with Crippen LogP contribution < -0.4 is 30.6 Å². The number of ether oxygens (including phenoxy) is 3. The molecule has 0 spiro atoms. The van der Waals surface area contributed by atoms with Crippen LogP contribution in [0.5, 0.6) is 17.2 Å². The number of nitrogens with two attached hydrogens (primary N) is 1. The molecule has 0 aliphatic carbocycles. The Morgan fingerprint density at radius 1 is 0.971 bits per heavy atom. The average Bonchev–Trinajstić information content (AvgIpc) is 3.25. The van der Waals surface area contributed by atoms with Crippen LogP contribution in [0.25, 0.3) is 0 Å². The summed E-state index contributed by atoms with van der Waals surface area (Å²) < 4.78 is 17.4. The van der Waals surface area contributed by atoms with Crippen LogP contribution >= 0.6 is 0 Å². The number of rotatable bonds is 9. The van der Waals surface area contributed by atoms with Crippen molar-refractivity contribution >= 4 is 29.3 Å². The van der Waals surface area contributed by atoms with Crippen LogP contribution in [0.3, 0.4) is 0 Å². The standard InChI is InChI=1S/C24H31N7O4/c1-33-20-14-18(15-21(16-20)34-2)27-24(32)31-23(28-22(25)29-31)26-17-6-8-19(9-7-17)35-13-12-30-10-4-3-5-11-30/h6-9,14-16H,3-5,10-13H2,1-2H3,(H,27,32)(H3,25,26,28,29). The number of nitrogens with zero attached hydrogens (tertiary/aromatic N) is 4. The van der Waals surface area contributed by atoms with Crippen molar-refractivity contribution in [3.63, 3.8) is 0 Å². The summed E-state index contributed by atoms with van der Waals surface area (Å²) in [5, 5.41) is 9.83. The van der Waals surface area contributed by atoms with Gasteiger partial charge in [-0.15, -0.1) is 9.78 Å². The summed E-state index contributed by atoms with van der Waals surface area (Å²) in [5.74, 6) is 1.99. The van der Waals surface area contributed by atoms with Crippen LogP contribution in [-0.4, -0.2) is 66.2 Å². The number of nitrogens with one attached hydrogen (secondary N) is 2. The van der Waals surface area contributed by atoms with Crippen LogP contribution in [0.1, 0.15) is 19.3 Å². The molecule has 11 heteroatoms. The summed E-state index contributed by atoms with van der Waals surface area (Å²) in [6.45, 7) is 3.87. The molecule has 186 valence electrons. The van der Waals surface area contributed by atoms with E-state index in [-0.39, 0.29) is 11.9 Å². The Hall–Kier alpha value is -3.99. The molecule has 0 atom stereocenters. The van der Waals surface area contributed by atoms with Crippen LogP contribution in [0.15, 0.2) is 42.5 Å². The lowest BCUT2D eigenvalue weighted by Gasteiger charge is -2.26. The van der Waals surface area contributed by atoms with Crippen molar-refractivity contribution < 1.29 is 19.0 Å². The van der Waals surface area contributed by atoms with E-state index in [0.29, 0.717) is 29.5 Å². The molecule has 0 unspecified atom stereocenters. The van der Waals surface area contributed by atoms with Crippen molar-refractivity contribution in [2.75, 3.05) is 56.8 Å². The number of hydrogen-bond donors (Lipinski definition) is 3. The first-order chi connectivity index (χ1) is 17.0. The molecule has 4 N–H and O–H groups in total. The second-order valence-electron chi connectivity index (χ2n) is 8.14. The fraction of sp³-hybridized carbons (Fsp3) is 0.375. The number of aromatic nitrogens is 3. The molecule has 4 rings (SSSR count). The van der Waals surface area contributed by atoms with Gasteiger partial charge in [0.05, 0.1) is 14.2 Å². The van der Waals surface area contributed by atoms with Gasteiger partial charge < -0.3 is 30.6 Å². The summed E-state index contributed by atoms with van der Waals surface area (Å²) in [4.78, 5) is 19.5. The maximum atomic E-state index is 12.9. The zero-order valence-corrected chi connectivity index (χ0v) is 20.0. The van der Waals surface area contributed by atoms with Gasteiger partial charge in [-0.05, 0) is 50.2 Å². The molecule has 1 aliphatic rings. The van der Waals surface area contributed by atoms with E-state index in [9.17, 15) is 4.79 Å². The first kappa shape index (κ1) is 24.1. The molecule has 2 heterocycles. The van der Waals surface area contributed by atoms with Crippen molar-refractivity contribution in [1.29, 1.82) is 0 Å². The number of carbonyl (C=O) groups excluding carboxylic acids is 1. The third-order valence-corrected chi connectivity index (χ3v) is 5.65. The van der Waals surface area contributed by atoms with E-state index < -0.39 is 6.03 Å². The minimum absolute atomic E-state index is 0.0384. The predicted octanol–water partition coefficient (Wildman–Crippen LogP) is 3.57. The highest BCUT2D eigenvalue weighted by Gasteiger charge is 2.17. The number of benzene rings is 2. The van der Waals surface area contributed by atoms with E-state index in [1.807, 2.05) is 24.3 Å².